The van der Waals surface area contributed by atoms with Crippen molar-refractivity contribution in [1.82, 2.24) is 10.6 Å². The fraction of sp³-hybridized carbons (Fsp3) is 0.500. The SMILES string of the molecule is COC(=O)C1(NC(=O)[C@H](C)NC(=O)[C@H](C)N)CCC1C(=O)OCc1ccccc1. The molecule has 1 aromatic rings. The summed E-state index contributed by atoms with van der Waals surface area (Å²) in [4.78, 5) is 49.3. The lowest BCUT2D eigenvalue weighted by Crippen LogP contribution is -2.69. The van der Waals surface area contributed by atoms with Crippen LogP contribution < -0.4 is 16.4 Å². The van der Waals surface area contributed by atoms with E-state index >= 15 is 0 Å². The summed E-state index contributed by atoms with van der Waals surface area (Å²) in [5, 5.41) is 5.04. The van der Waals surface area contributed by atoms with Crippen LogP contribution in [0.1, 0.15) is 32.3 Å². The number of hydrogen-bond donors (Lipinski definition) is 3. The molecule has 1 fully saturated rings. The largest absolute Gasteiger partial charge is 0.467 e. The molecule has 1 aliphatic rings. The Hall–Kier alpha value is -2.94. The van der Waals surface area contributed by atoms with E-state index in [1.165, 1.54) is 21.0 Å². The normalized spacial score (nSPS) is 22.4. The van der Waals surface area contributed by atoms with Crippen molar-refractivity contribution >= 4 is 23.8 Å². The van der Waals surface area contributed by atoms with Gasteiger partial charge in [0.1, 0.15) is 12.6 Å². The zero-order chi connectivity index (χ0) is 21.6. The van der Waals surface area contributed by atoms with E-state index in [-0.39, 0.29) is 13.0 Å². The highest BCUT2D eigenvalue weighted by atomic mass is 16.5. The van der Waals surface area contributed by atoms with Gasteiger partial charge in [-0.1, -0.05) is 30.3 Å². The molecular weight excluding hydrogens is 378 g/mol. The van der Waals surface area contributed by atoms with E-state index in [9.17, 15) is 19.2 Å². The van der Waals surface area contributed by atoms with Gasteiger partial charge in [-0.3, -0.25) is 14.4 Å². The number of carbonyl (C=O) groups excluding carboxylic acids is 4. The van der Waals surface area contributed by atoms with E-state index in [0.29, 0.717) is 6.42 Å². The molecule has 0 radical (unpaired) electrons. The van der Waals surface area contributed by atoms with E-state index in [1.807, 2.05) is 30.3 Å². The van der Waals surface area contributed by atoms with Crippen molar-refractivity contribution in [3.63, 3.8) is 0 Å². The second-order valence-corrected chi connectivity index (χ2v) is 7.16. The first-order chi connectivity index (χ1) is 13.7. The summed E-state index contributed by atoms with van der Waals surface area (Å²) >= 11 is 0. The average Bonchev–Trinajstić information content (AvgIpc) is 2.69. The number of nitrogens with one attached hydrogen (secondary N) is 2. The molecule has 2 amide bonds. The first-order valence-electron chi connectivity index (χ1n) is 9.38. The summed E-state index contributed by atoms with van der Waals surface area (Å²) in [6.07, 6.45) is 0.591. The highest BCUT2D eigenvalue weighted by molar-refractivity contribution is 5.97. The Morgan fingerprint density at radius 2 is 1.83 bits per heavy atom. The summed E-state index contributed by atoms with van der Waals surface area (Å²) in [6, 6.07) is 7.38. The number of ether oxygens (including phenoxy) is 2. The van der Waals surface area contributed by atoms with Gasteiger partial charge in [-0.15, -0.1) is 0 Å². The number of nitrogens with two attached hydrogens (primary N) is 1. The Labute approximate surface area is 169 Å². The predicted molar refractivity (Wildman–Crippen MR) is 103 cm³/mol. The molecule has 0 bridgehead atoms. The van der Waals surface area contributed by atoms with Gasteiger partial charge in [-0.05, 0) is 32.3 Å². The zero-order valence-corrected chi connectivity index (χ0v) is 16.8. The van der Waals surface area contributed by atoms with E-state index in [1.54, 1.807) is 0 Å². The molecule has 0 saturated heterocycles. The predicted octanol–water partition coefficient (Wildman–Crippen LogP) is 0.0197. The molecule has 2 rings (SSSR count). The van der Waals surface area contributed by atoms with Crippen LogP contribution in [0.3, 0.4) is 0 Å². The molecule has 1 saturated carbocycles. The first kappa shape index (κ1) is 22.4. The number of hydrogen-bond acceptors (Lipinski definition) is 7. The average molecular weight is 405 g/mol. The van der Waals surface area contributed by atoms with Crippen LogP contribution in [-0.2, 0) is 35.3 Å². The van der Waals surface area contributed by atoms with Gasteiger partial charge in [0, 0.05) is 0 Å². The van der Waals surface area contributed by atoms with Crippen LogP contribution in [0.5, 0.6) is 0 Å². The van der Waals surface area contributed by atoms with E-state index in [4.69, 9.17) is 15.2 Å². The molecule has 29 heavy (non-hydrogen) atoms. The first-order valence-corrected chi connectivity index (χ1v) is 9.38. The third-order valence-corrected chi connectivity index (χ3v) is 4.99. The second-order valence-electron chi connectivity index (χ2n) is 7.16. The number of rotatable bonds is 8. The molecule has 2 unspecified atom stereocenters. The van der Waals surface area contributed by atoms with Gasteiger partial charge >= 0.3 is 11.9 Å². The number of benzene rings is 1. The van der Waals surface area contributed by atoms with Crippen LogP contribution in [0.2, 0.25) is 0 Å². The Bertz CT molecular complexity index is 767. The van der Waals surface area contributed by atoms with Crippen molar-refractivity contribution in [2.24, 2.45) is 11.7 Å². The zero-order valence-electron chi connectivity index (χ0n) is 16.8. The Balaban J connectivity index is 2.07. The Kier molecular flexibility index (Phi) is 7.33. The van der Waals surface area contributed by atoms with Gasteiger partial charge in [0.05, 0.1) is 19.1 Å². The summed E-state index contributed by atoms with van der Waals surface area (Å²) in [5.41, 5.74) is 4.77. The molecule has 0 aromatic heterocycles. The maximum atomic E-state index is 12.6. The van der Waals surface area contributed by atoms with Crippen molar-refractivity contribution in [2.75, 3.05) is 7.11 Å². The minimum absolute atomic E-state index is 0.0578. The molecule has 0 aliphatic heterocycles. The van der Waals surface area contributed by atoms with Gasteiger partial charge in [-0.25, -0.2) is 4.79 Å². The number of amides is 2. The summed E-state index contributed by atoms with van der Waals surface area (Å²) in [5.74, 6) is -3.33. The van der Waals surface area contributed by atoms with Crippen LogP contribution in [0.4, 0.5) is 0 Å². The highest BCUT2D eigenvalue weighted by Gasteiger charge is 2.59. The number of esters is 2. The van der Waals surface area contributed by atoms with Crippen molar-refractivity contribution in [3.05, 3.63) is 35.9 Å². The van der Waals surface area contributed by atoms with E-state index in [0.717, 1.165) is 5.56 Å². The third kappa shape index (κ3) is 5.11. The van der Waals surface area contributed by atoms with Gasteiger partial charge in [0.15, 0.2) is 5.54 Å². The Morgan fingerprint density at radius 3 is 2.34 bits per heavy atom. The van der Waals surface area contributed by atoms with Crippen LogP contribution in [0.15, 0.2) is 30.3 Å². The van der Waals surface area contributed by atoms with Crippen molar-refractivity contribution in [2.45, 2.75) is 50.9 Å². The molecule has 4 N–H and O–H groups in total. The quantitative estimate of drug-likeness (QED) is 0.519. The molecule has 0 spiro atoms. The van der Waals surface area contributed by atoms with Crippen LogP contribution in [-0.4, -0.2) is 48.5 Å². The number of carbonyl (C=O) groups is 4. The maximum Gasteiger partial charge on any atom is 0.332 e. The van der Waals surface area contributed by atoms with E-state index < -0.39 is 47.3 Å². The van der Waals surface area contributed by atoms with Crippen LogP contribution in [0, 0.1) is 5.92 Å². The standard InChI is InChI=1S/C20H27N3O6/c1-12(21)16(24)22-13(2)17(25)23-20(19(27)28-3)10-9-15(20)18(26)29-11-14-7-5-4-6-8-14/h4-8,12-13,15H,9-11,21H2,1-3H3,(H,22,24)(H,23,25)/t12-,13-,15?,20?/m0/s1. The van der Waals surface area contributed by atoms with Crippen LogP contribution >= 0.6 is 0 Å². The molecule has 158 valence electrons. The fourth-order valence-corrected chi connectivity index (χ4v) is 3.09. The third-order valence-electron chi connectivity index (χ3n) is 4.99. The van der Waals surface area contributed by atoms with Crippen molar-refractivity contribution in [1.29, 1.82) is 0 Å². The smallest absolute Gasteiger partial charge is 0.332 e. The van der Waals surface area contributed by atoms with Gasteiger partial charge in [0.25, 0.3) is 0 Å². The number of methoxy groups -OCH3 is 1. The highest BCUT2D eigenvalue weighted by Crippen LogP contribution is 2.41. The van der Waals surface area contributed by atoms with E-state index in [2.05, 4.69) is 10.6 Å². The summed E-state index contributed by atoms with van der Waals surface area (Å²) in [7, 11) is 1.18. The fourth-order valence-electron chi connectivity index (χ4n) is 3.09. The lowest BCUT2D eigenvalue weighted by molar-refractivity contribution is -0.173. The maximum absolute atomic E-state index is 12.6. The van der Waals surface area contributed by atoms with Crippen molar-refractivity contribution in [3.8, 4) is 0 Å². The molecule has 9 nitrogen and oxygen atoms in total. The minimum Gasteiger partial charge on any atom is -0.467 e. The monoisotopic (exact) mass is 405 g/mol. The summed E-state index contributed by atoms with van der Waals surface area (Å²) < 4.78 is 10.2. The molecule has 4 atom stereocenters. The van der Waals surface area contributed by atoms with Crippen molar-refractivity contribution < 1.29 is 28.7 Å². The lowest BCUT2D eigenvalue weighted by atomic mass is 9.66. The molecule has 1 aromatic carbocycles. The second kappa shape index (κ2) is 9.51. The van der Waals surface area contributed by atoms with Gasteiger partial charge in [-0.2, -0.15) is 0 Å². The molecule has 1 aliphatic carbocycles. The van der Waals surface area contributed by atoms with Gasteiger partial charge in [0.2, 0.25) is 11.8 Å². The topological polar surface area (TPSA) is 137 Å². The van der Waals surface area contributed by atoms with Gasteiger partial charge < -0.3 is 25.8 Å². The summed E-state index contributed by atoms with van der Waals surface area (Å²) in [6.45, 7) is 3.00. The van der Waals surface area contributed by atoms with Crippen LogP contribution in [0.25, 0.3) is 0 Å². The minimum atomic E-state index is -1.52. The Morgan fingerprint density at radius 1 is 1.17 bits per heavy atom. The molecular formula is C20H27N3O6. The molecule has 0 heterocycles. The molecule has 9 heteroatoms. The lowest BCUT2D eigenvalue weighted by Gasteiger charge is -2.45.